The quantitative estimate of drug-likeness (QED) is 0.859. The van der Waals surface area contributed by atoms with E-state index in [9.17, 15) is 14.4 Å². The number of urea groups is 1. The molecule has 0 bridgehead atoms. The minimum Gasteiger partial charge on any atom is -0.462 e. The van der Waals surface area contributed by atoms with Gasteiger partial charge in [-0.2, -0.15) is 0 Å². The van der Waals surface area contributed by atoms with Gasteiger partial charge in [-0.15, -0.1) is 0 Å². The molecule has 1 aromatic carbocycles. The average Bonchev–Trinajstić information content (AvgIpc) is 3.04. The van der Waals surface area contributed by atoms with E-state index >= 15 is 0 Å². The van der Waals surface area contributed by atoms with Crippen LogP contribution in [-0.2, 0) is 9.53 Å². The van der Waals surface area contributed by atoms with Gasteiger partial charge < -0.3 is 10.1 Å². The second kappa shape index (κ2) is 7.81. The van der Waals surface area contributed by atoms with Crippen LogP contribution < -0.4 is 5.32 Å². The fraction of sp³-hybridized carbons (Fsp3) is 0.471. The van der Waals surface area contributed by atoms with Gasteiger partial charge in [0.15, 0.2) is 0 Å². The molecule has 1 saturated heterocycles. The van der Waals surface area contributed by atoms with Crippen LogP contribution in [0.5, 0.6) is 0 Å². The number of nitrogens with zero attached hydrogens (tertiary/aromatic N) is 2. The smallest absolute Gasteiger partial charge is 0.340 e. The minimum absolute atomic E-state index is 0.0806. The number of benzene rings is 1. The van der Waals surface area contributed by atoms with Crippen LogP contribution in [0.15, 0.2) is 24.3 Å². The summed E-state index contributed by atoms with van der Waals surface area (Å²) in [5.74, 6) is -0.695. The summed E-state index contributed by atoms with van der Waals surface area (Å²) in [6.45, 7) is 6.65. The molecule has 7 heteroatoms. The molecule has 0 aromatic heterocycles. The molecule has 0 saturated carbocycles. The molecule has 1 heterocycles. The first-order valence-corrected chi connectivity index (χ1v) is 8.11. The number of carbonyl (C=O) groups excluding carboxylic acids is 3. The molecule has 130 valence electrons. The molecule has 3 amide bonds. The predicted molar refractivity (Wildman–Crippen MR) is 89.3 cm³/mol. The van der Waals surface area contributed by atoms with E-state index in [2.05, 4.69) is 5.32 Å². The van der Waals surface area contributed by atoms with Crippen molar-refractivity contribution in [1.82, 2.24) is 10.0 Å². The van der Waals surface area contributed by atoms with Gasteiger partial charge in [-0.1, -0.05) is 19.9 Å². The Hall–Kier alpha value is -2.57. The zero-order chi connectivity index (χ0) is 17.7. The van der Waals surface area contributed by atoms with Gasteiger partial charge >= 0.3 is 12.0 Å². The molecule has 1 aliphatic rings. The lowest BCUT2D eigenvalue weighted by Gasteiger charge is -2.29. The van der Waals surface area contributed by atoms with Crippen molar-refractivity contribution in [2.45, 2.75) is 27.2 Å². The first-order chi connectivity index (χ1) is 11.4. The summed E-state index contributed by atoms with van der Waals surface area (Å²) in [4.78, 5) is 36.4. The van der Waals surface area contributed by atoms with Crippen LogP contribution in [0.4, 0.5) is 10.5 Å². The fourth-order valence-electron chi connectivity index (χ4n) is 2.48. The lowest BCUT2D eigenvalue weighted by Crippen LogP contribution is -2.48. The summed E-state index contributed by atoms with van der Waals surface area (Å²) in [6, 6.07) is 6.15. The Kier molecular flexibility index (Phi) is 5.78. The van der Waals surface area contributed by atoms with Crippen molar-refractivity contribution in [2.24, 2.45) is 5.92 Å². The monoisotopic (exact) mass is 333 g/mol. The zero-order valence-corrected chi connectivity index (χ0v) is 14.2. The maximum absolute atomic E-state index is 12.5. The van der Waals surface area contributed by atoms with Crippen LogP contribution in [0.1, 0.15) is 37.6 Å². The second-order valence-electron chi connectivity index (χ2n) is 5.82. The number of nitrogens with one attached hydrogen (secondary N) is 1. The number of amides is 3. The number of carbonyl (C=O) groups is 3. The van der Waals surface area contributed by atoms with Gasteiger partial charge in [-0.05, 0) is 31.5 Å². The van der Waals surface area contributed by atoms with Crippen LogP contribution in [-0.4, -0.2) is 47.6 Å². The van der Waals surface area contributed by atoms with Gasteiger partial charge in [0.25, 0.3) is 0 Å². The van der Waals surface area contributed by atoms with Crippen molar-refractivity contribution < 1.29 is 19.1 Å². The molecule has 1 N–H and O–H groups in total. The highest BCUT2D eigenvalue weighted by atomic mass is 16.5. The molecule has 7 nitrogen and oxygen atoms in total. The lowest BCUT2D eigenvalue weighted by molar-refractivity contribution is -0.143. The van der Waals surface area contributed by atoms with Gasteiger partial charge in [-0.3, -0.25) is 4.79 Å². The number of esters is 1. The Balaban J connectivity index is 2.08. The average molecular weight is 333 g/mol. The maximum atomic E-state index is 12.5. The standard InChI is InChI=1S/C17H23N3O4/c1-4-24-16(22)13-7-5-8-14(11-13)18-17(23)20-10-6-9-19(20)15(21)12(2)3/h5,7-8,11-12H,4,6,9-10H2,1-3H3,(H,18,23). The van der Waals surface area contributed by atoms with E-state index in [-0.39, 0.29) is 24.5 Å². The molecule has 0 radical (unpaired) electrons. The van der Waals surface area contributed by atoms with Crippen molar-refractivity contribution >= 4 is 23.6 Å². The van der Waals surface area contributed by atoms with Crippen LogP contribution in [0.25, 0.3) is 0 Å². The SMILES string of the molecule is CCOC(=O)c1cccc(NC(=O)N2CCCN2C(=O)C(C)C)c1. The van der Waals surface area contributed by atoms with E-state index in [4.69, 9.17) is 4.74 Å². The number of hydrogen-bond donors (Lipinski definition) is 1. The van der Waals surface area contributed by atoms with E-state index in [1.807, 2.05) is 0 Å². The van der Waals surface area contributed by atoms with Crippen molar-refractivity contribution in [1.29, 1.82) is 0 Å². The number of rotatable bonds is 4. The summed E-state index contributed by atoms with van der Waals surface area (Å²) in [5, 5.41) is 5.63. The van der Waals surface area contributed by atoms with Gasteiger partial charge in [0, 0.05) is 24.7 Å². The molecular formula is C17H23N3O4. The van der Waals surface area contributed by atoms with Crippen molar-refractivity contribution in [3.05, 3.63) is 29.8 Å². The Bertz CT molecular complexity index is 630. The van der Waals surface area contributed by atoms with Gasteiger partial charge in [0.1, 0.15) is 0 Å². The van der Waals surface area contributed by atoms with Gasteiger partial charge in [-0.25, -0.2) is 19.6 Å². The summed E-state index contributed by atoms with van der Waals surface area (Å²) >= 11 is 0. The Morgan fingerprint density at radius 2 is 1.92 bits per heavy atom. The highest BCUT2D eigenvalue weighted by molar-refractivity contribution is 5.94. The number of ether oxygens (including phenoxy) is 1. The number of hydrazine groups is 1. The molecule has 0 spiro atoms. The third kappa shape index (κ3) is 4.04. The lowest BCUT2D eigenvalue weighted by atomic mass is 10.2. The highest BCUT2D eigenvalue weighted by Gasteiger charge is 2.31. The first-order valence-electron chi connectivity index (χ1n) is 8.11. The van der Waals surface area contributed by atoms with Crippen molar-refractivity contribution in [3.8, 4) is 0 Å². The van der Waals surface area contributed by atoms with Crippen LogP contribution >= 0.6 is 0 Å². The third-order valence-corrected chi connectivity index (χ3v) is 3.64. The molecule has 1 fully saturated rings. The molecule has 1 aromatic rings. The minimum atomic E-state index is -0.439. The Morgan fingerprint density at radius 3 is 2.58 bits per heavy atom. The van der Waals surface area contributed by atoms with Gasteiger partial charge in [0.2, 0.25) is 5.91 Å². The largest absolute Gasteiger partial charge is 0.462 e. The molecule has 1 aliphatic heterocycles. The summed E-state index contributed by atoms with van der Waals surface area (Å²) in [5.41, 5.74) is 0.848. The summed E-state index contributed by atoms with van der Waals surface area (Å²) in [7, 11) is 0. The summed E-state index contributed by atoms with van der Waals surface area (Å²) in [6.07, 6.45) is 0.745. The van der Waals surface area contributed by atoms with Crippen molar-refractivity contribution in [2.75, 3.05) is 25.0 Å². The number of anilines is 1. The van der Waals surface area contributed by atoms with Crippen LogP contribution in [0.2, 0.25) is 0 Å². The molecule has 0 atom stereocenters. The predicted octanol–water partition coefficient (Wildman–Crippen LogP) is 2.50. The van der Waals surface area contributed by atoms with E-state index in [1.54, 1.807) is 45.0 Å². The molecular weight excluding hydrogens is 310 g/mol. The van der Waals surface area contributed by atoms with Crippen LogP contribution in [0, 0.1) is 5.92 Å². The normalized spacial score (nSPS) is 14.0. The third-order valence-electron chi connectivity index (χ3n) is 3.64. The Labute approximate surface area is 141 Å². The molecule has 0 aliphatic carbocycles. The maximum Gasteiger partial charge on any atom is 0.340 e. The molecule has 24 heavy (non-hydrogen) atoms. The zero-order valence-electron chi connectivity index (χ0n) is 14.2. The Morgan fingerprint density at radius 1 is 1.21 bits per heavy atom. The van der Waals surface area contributed by atoms with Crippen LogP contribution in [0.3, 0.4) is 0 Å². The molecule has 2 rings (SSSR count). The van der Waals surface area contributed by atoms with Gasteiger partial charge in [0.05, 0.1) is 12.2 Å². The second-order valence-corrected chi connectivity index (χ2v) is 5.82. The summed E-state index contributed by atoms with van der Waals surface area (Å²) < 4.78 is 4.95. The molecule has 0 unspecified atom stereocenters. The fourth-order valence-corrected chi connectivity index (χ4v) is 2.48. The van der Waals surface area contributed by atoms with E-state index in [0.717, 1.165) is 6.42 Å². The topological polar surface area (TPSA) is 79.0 Å². The first kappa shape index (κ1) is 17.8. The number of hydrogen-bond acceptors (Lipinski definition) is 4. The van der Waals surface area contributed by atoms with Crippen molar-refractivity contribution in [3.63, 3.8) is 0 Å². The van der Waals surface area contributed by atoms with E-state index in [1.165, 1.54) is 10.0 Å². The highest BCUT2D eigenvalue weighted by Crippen LogP contribution is 2.17. The van der Waals surface area contributed by atoms with E-state index < -0.39 is 5.97 Å². The van der Waals surface area contributed by atoms with E-state index in [0.29, 0.717) is 24.3 Å².